The number of rotatable bonds is 12. The lowest BCUT2D eigenvalue weighted by molar-refractivity contribution is -0.141. The first-order valence-electron chi connectivity index (χ1n) is 15.0. The van der Waals surface area contributed by atoms with Gasteiger partial charge in [0.1, 0.15) is 29.9 Å². The average Bonchev–Trinajstić information content (AvgIpc) is 3.01. The quantitative estimate of drug-likeness (QED) is 0.182. The van der Waals surface area contributed by atoms with Crippen LogP contribution in [0.25, 0.3) is 0 Å². The molecule has 10 heteroatoms. The molecule has 0 aromatic heterocycles. The number of aryl methyl sites for hydroxylation is 1. The standard InChI is InChI=1S/C36H40FN3O5S/c1-6-33(35(42)38-36(3,4)5)39(24-27-14-16-28(37)17-15-27)34(41)25-40(46(43,44)32-22-12-26(2)13-23-32)29-18-20-31(21-19-29)45-30-10-8-7-9-11-30/h7-23,33H,6,24-25H2,1-5H3,(H,38,42). The van der Waals surface area contributed by atoms with Gasteiger partial charge in [-0.05, 0) is 100 Å². The van der Waals surface area contributed by atoms with E-state index in [2.05, 4.69) is 5.32 Å². The summed E-state index contributed by atoms with van der Waals surface area (Å²) >= 11 is 0. The maximum absolute atomic E-state index is 14.2. The zero-order valence-electron chi connectivity index (χ0n) is 26.7. The normalized spacial score (nSPS) is 12.2. The van der Waals surface area contributed by atoms with Gasteiger partial charge >= 0.3 is 0 Å². The first-order valence-corrected chi connectivity index (χ1v) is 16.5. The van der Waals surface area contributed by atoms with Crippen LogP contribution in [0.5, 0.6) is 11.5 Å². The molecule has 0 aliphatic rings. The summed E-state index contributed by atoms with van der Waals surface area (Å²) in [7, 11) is -4.24. The molecule has 0 spiro atoms. The van der Waals surface area contributed by atoms with Crippen LogP contribution in [0.15, 0.2) is 108 Å². The predicted octanol–water partition coefficient (Wildman–Crippen LogP) is 6.84. The molecule has 0 saturated carbocycles. The van der Waals surface area contributed by atoms with E-state index in [0.717, 1.165) is 9.87 Å². The van der Waals surface area contributed by atoms with Crippen molar-refractivity contribution in [3.8, 4) is 11.5 Å². The monoisotopic (exact) mass is 645 g/mol. The third-order valence-corrected chi connectivity index (χ3v) is 8.93. The van der Waals surface area contributed by atoms with E-state index < -0.39 is 39.9 Å². The first-order chi connectivity index (χ1) is 21.8. The summed E-state index contributed by atoms with van der Waals surface area (Å²) in [6.45, 7) is 8.53. The second-order valence-electron chi connectivity index (χ2n) is 12.0. The van der Waals surface area contributed by atoms with Gasteiger partial charge in [-0.2, -0.15) is 0 Å². The molecule has 8 nitrogen and oxygen atoms in total. The maximum Gasteiger partial charge on any atom is 0.264 e. The van der Waals surface area contributed by atoms with Crippen LogP contribution in [0.3, 0.4) is 0 Å². The number of carbonyl (C=O) groups is 2. The number of para-hydroxylation sites is 1. The number of nitrogens with zero attached hydrogens (tertiary/aromatic N) is 2. The number of ether oxygens (including phenoxy) is 1. The highest BCUT2D eigenvalue weighted by Gasteiger charge is 2.34. The van der Waals surface area contributed by atoms with E-state index in [1.54, 1.807) is 55.5 Å². The largest absolute Gasteiger partial charge is 0.457 e. The summed E-state index contributed by atoms with van der Waals surface area (Å²) < 4.78 is 48.9. The fraction of sp³-hybridized carbons (Fsp3) is 0.278. The van der Waals surface area contributed by atoms with Gasteiger partial charge in [-0.3, -0.25) is 13.9 Å². The fourth-order valence-electron chi connectivity index (χ4n) is 4.83. The van der Waals surface area contributed by atoms with Crippen molar-refractivity contribution in [1.82, 2.24) is 10.2 Å². The molecule has 1 atom stereocenters. The smallest absolute Gasteiger partial charge is 0.264 e. The van der Waals surface area contributed by atoms with Crippen molar-refractivity contribution in [3.05, 3.63) is 120 Å². The Morgan fingerprint density at radius 1 is 0.848 bits per heavy atom. The lowest BCUT2D eigenvalue weighted by atomic mass is 10.1. The third-order valence-electron chi connectivity index (χ3n) is 7.14. The second kappa shape index (κ2) is 14.6. The van der Waals surface area contributed by atoms with Crippen molar-refractivity contribution in [1.29, 1.82) is 0 Å². The average molecular weight is 646 g/mol. The second-order valence-corrected chi connectivity index (χ2v) is 13.9. The van der Waals surface area contributed by atoms with E-state index in [1.807, 2.05) is 45.9 Å². The van der Waals surface area contributed by atoms with Crippen LogP contribution in [0.2, 0.25) is 0 Å². The minimum Gasteiger partial charge on any atom is -0.457 e. The lowest BCUT2D eigenvalue weighted by Gasteiger charge is -2.34. The zero-order valence-corrected chi connectivity index (χ0v) is 27.6. The Kier molecular flexibility index (Phi) is 10.8. The molecule has 0 heterocycles. The Morgan fingerprint density at radius 3 is 2.00 bits per heavy atom. The highest BCUT2D eigenvalue weighted by Crippen LogP contribution is 2.29. The van der Waals surface area contributed by atoms with Gasteiger partial charge in [-0.25, -0.2) is 12.8 Å². The predicted molar refractivity (Wildman–Crippen MR) is 178 cm³/mol. The Morgan fingerprint density at radius 2 is 1.43 bits per heavy atom. The van der Waals surface area contributed by atoms with Crippen molar-refractivity contribution in [2.75, 3.05) is 10.8 Å². The van der Waals surface area contributed by atoms with Crippen LogP contribution in [-0.2, 0) is 26.2 Å². The number of benzene rings is 4. The van der Waals surface area contributed by atoms with Gasteiger partial charge in [0.15, 0.2) is 0 Å². The Bertz CT molecular complexity index is 1720. The van der Waals surface area contributed by atoms with E-state index in [9.17, 15) is 22.4 Å². The van der Waals surface area contributed by atoms with Gasteiger partial charge in [0, 0.05) is 12.1 Å². The molecule has 46 heavy (non-hydrogen) atoms. The van der Waals surface area contributed by atoms with Crippen molar-refractivity contribution in [3.63, 3.8) is 0 Å². The topological polar surface area (TPSA) is 96.0 Å². The molecule has 0 fully saturated rings. The van der Waals surface area contributed by atoms with Gasteiger partial charge in [-0.1, -0.05) is 55.0 Å². The molecule has 1 unspecified atom stereocenters. The number of hydrogen-bond acceptors (Lipinski definition) is 5. The Balaban J connectivity index is 1.73. The highest BCUT2D eigenvalue weighted by molar-refractivity contribution is 7.92. The number of sulfonamides is 1. The van der Waals surface area contributed by atoms with Gasteiger partial charge in [0.25, 0.3) is 10.0 Å². The molecular formula is C36H40FN3O5S. The molecule has 0 aliphatic heterocycles. The van der Waals surface area contributed by atoms with Crippen molar-refractivity contribution < 1.29 is 27.1 Å². The van der Waals surface area contributed by atoms with Crippen LogP contribution < -0.4 is 14.4 Å². The molecular weight excluding hydrogens is 605 g/mol. The van der Waals surface area contributed by atoms with Crippen LogP contribution in [0, 0.1) is 12.7 Å². The van der Waals surface area contributed by atoms with Crippen molar-refractivity contribution in [2.24, 2.45) is 0 Å². The highest BCUT2D eigenvalue weighted by atomic mass is 32.2. The molecule has 242 valence electrons. The van der Waals surface area contributed by atoms with E-state index in [4.69, 9.17) is 4.74 Å². The molecule has 1 N–H and O–H groups in total. The number of amides is 2. The molecule has 4 aromatic carbocycles. The number of nitrogens with one attached hydrogen (secondary N) is 1. The molecule has 0 aliphatic carbocycles. The summed E-state index contributed by atoms with van der Waals surface area (Å²) in [5.41, 5.74) is 1.14. The number of carbonyl (C=O) groups excluding carboxylic acids is 2. The minimum atomic E-state index is -4.24. The van der Waals surface area contributed by atoms with E-state index in [-0.39, 0.29) is 29.5 Å². The van der Waals surface area contributed by atoms with Crippen molar-refractivity contribution in [2.45, 2.75) is 64.1 Å². The zero-order chi connectivity index (χ0) is 33.5. The minimum absolute atomic E-state index is 0.0121. The van der Waals surface area contributed by atoms with Crippen LogP contribution in [0.1, 0.15) is 45.2 Å². The molecule has 0 radical (unpaired) electrons. The van der Waals surface area contributed by atoms with Crippen LogP contribution in [-0.4, -0.2) is 43.3 Å². The molecule has 2 amide bonds. The number of anilines is 1. The maximum atomic E-state index is 14.2. The Hall–Kier alpha value is -4.70. The molecule has 4 rings (SSSR count). The number of hydrogen-bond donors (Lipinski definition) is 1. The van der Waals surface area contributed by atoms with E-state index >= 15 is 0 Å². The Labute approximate surface area is 270 Å². The van der Waals surface area contributed by atoms with E-state index in [1.165, 1.54) is 41.3 Å². The third kappa shape index (κ3) is 8.94. The van der Waals surface area contributed by atoms with E-state index in [0.29, 0.717) is 17.1 Å². The number of halogens is 1. The van der Waals surface area contributed by atoms with Gasteiger partial charge in [0.2, 0.25) is 11.8 Å². The molecule has 0 saturated heterocycles. The summed E-state index contributed by atoms with van der Waals surface area (Å²) in [4.78, 5) is 29.1. The summed E-state index contributed by atoms with van der Waals surface area (Å²) in [6.07, 6.45) is 0.269. The first kappa shape index (κ1) is 34.2. The fourth-order valence-corrected chi connectivity index (χ4v) is 6.24. The summed E-state index contributed by atoms with van der Waals surface area (Å²) in [5, 5.41) is 2.93. The summed E-state index contributed by atoms with van der Waals surface area (Å²) in [6, 6.07) is 26.7. The SMILES string of the molecule is CCC(C(=O)NC(C)(C)C)N(Cc1ccc(F)cc1)C(=O)CN(c1ccc(Oc2ccccc2)cc1)S(=O)(=O)c1ccc(C)cc1. The lowest BCUT2D eigenvalue weighted by Crippen LogP contribution is -2.55. The van der Waals surface area contributed by atoms with Crippen molar-refractivity contribution >= 4 is 27.5 Å². The molecule has 0 bridgehead atoms. The van der Waals surface area contributed by atoms with Gasteiger partial charge < -0.3 is 15.0 Å². The van der Waals surface area contributed by atoms with Gasteiger partial charge in [0.05, 0.1) is 10.6 Å². The molecule has 4 aromatic rings. The summed E-state index contributed by atoms with van der Waals surface area (Å²) in [5.74, 6) is -0.308. The van der Waals surface area contributed by atoms with Gasteiger partial charge in [-0.15, -0.1) is 0 Å². The van der Waals surface area contributed by atoms with Crippen LogP contribution >= 0.6 is 0 Å². The van der Waals surface area contributed by atoms with Crippen LogP contribution in [0.4, 0.5) is 10.1 Å².